The second-order valence-corrected chi connectivity index (χ2v) is 9.40. The number of nitriles is 1. The number of anilines is 1. The van der Waals surface area contributed by atoms with Crippen LogP contribution in [0.2, 0.25) is 0 Å². The van der Waals surface area contributed by atoms with Crippen LogP contribution in [0.1, 0.15) is 41.4 Å². The van der Waals surface area contributed by atoms with Crippen LogP contribution in [0, 0.1) is 18.3 Å². The second-order valence-electron chi connectivity index (χ2n) is 8.45. The van der Waals surface area contributed by atoms with E-state index in [4.69, 9.17) is 9.72 Å². The monoisotopic (exact) mass is 494 g/mol. The number of amides is 1. The maximum absolute atomic E-state index is 13.5. The number of rotatable bonds is 6. The molecule has 5 aromatic rings. The van der Waals surface area contributed by atoms with E-state index in [1.165, 1.54) is 0 Å². The Morgan fingerprint density at radius 3 is 2.78 bits per heavy atom. The summed E-state index contributed by atoms with van der Waals surface area (Å²) in [6.45, 7) is 5.94. The quantitative estimate of drug-likeness (QED) is 0.294. The van der Waals surface area contributed by atoms with E-state index in [1.807, 2.05) is 49.0 Å². The molecule has 0 bridgehead atoms. The van der Waals surface area contributed by atoms with E-state index in [0.717, 1.165) is 16.1 Å². The van der Waals surface area contributed by atoms with Gasteiger partial charge in [0.15, 0.2) is 5.65 Å². The van der Waals surface area contributed by atoms with Gasteiger partial charge < -0.3 is 10.1 Å². The highest BCUT2D eigenvalue weighted by Gasteiger charge is 2.20. The van der Waals surface area contributed by atoms with Gasteiger partial charge in [-0.1, -0.05) is 6.07 Å². The Kier molecular flexibility index (Phi) is 6.19. The van der Waals surface area contributed by atoms with E-state index in [2.05, 4.69) is 21.5 Å². The van der Waals surface area contributed by atoms with Crippen LogP contribution in [-0.2, 0) is 0 Å². The summed E-state index contributed by atoms with van der Waals surface area (Å²) in [4.78, 5) is 23.4. The molecule has 0 spiro atoms. The fourth-order valence-electron chi connectivity index (χ4n) is 3.83. The predicted molar refractivity (Wildman–Crippen MR) is 139 cm³/mol. The molecule has 36 heavy (non-hydrogen) atoms. The molecule has 0 radical (unpaired) electrons. The van der Waals surface area contributed by atoms with Crippen molar-refractivity contribution in [2.45, 2.75) is 26.8 Å². The maximum atomic E-state index is 13.5. The molecule has 0 saturated carbocycles. The average Bonchev–Trinajstić information content (AvgIpc) is 3.56. The van der Waals surface area contributed by atoms with Gasteiger partial charge in [0.1, 0.15) is 17.4 Å². The van der Waals surface area contributed by atoms with Gasteiger partial charge in [0.2, 0.25) is 5.88 Å². The Hall–Kier alpha value is -4.55. The highest BCUT2D eigenvalue weighted by atomic mass is 32.1. The van der Waals surface area contributed by atoms with Gasteiger partial charge in [0.25, 0.3) is 5.91 Å². The zero-order valence-electron chi connectivity index (χ0n) is 19.9. The van der Waals surface area contributed by atoms with Crippen LogP contribution in [0.25, 0.3) is 21.6 Å². The third-order valence-corrected chi connectivity index (χ3v) is 6.52. The van der Waals surface area contributed by atoms with Crippen molar-refractivity contribution in [3.8, 4) is 28.3 Å². The fourth-order valence-corrected chi connectivity index (χ4v) is 4.52. The number of carbonyl (C=O) groups excluding carboxylic acids is 1. The number of hydrogen-bond acceptors (Lipinski definition) is 7. The number of carbonyl (C=O) groups is 1. The lowest BCUT2D eigenvalue weighted by Gasteiger charge is -2.13. The largest absolute Gasteiger partial charge is 0.438 e. The van der Waals surface area contributed by atoms with E-state index in [1.54, 1.807) is 54.1 Å². The number of fused-ring (bicyclic) bond motifs is 1. The Morgan fingerprint density at radius 2 is 2.06 bits per heavy atom. The summed E-state index contributed by atoms with van der Waals surface area (Å²) in [5.74, 6) is 0.501. The van der Waals surface area contributed by atoms with Gasteiger partial charge in [-0.15, -0.1) is 11.3 Å². The molecule has 4 heterocycles. The number of ether oxygens (including phenoxy) is 1. The Labute approximate surface area is 211 Å². The van der Waals surface area contributed by atoms with Gasteiger partial charge in [-0.05, 0) is 74.2 Å². The van der Waals surface area contributed by atoms with Crippen LogP contribution in [0.5, 0.6) is 11.6 Å². The first-order valence-corrected chi connectivity index (χ1v) is 12.2. The van der Waals surface area contributed by atoms with E-state index in [-0.39, 0.29) is 17.8 Å². The fraction of sp³-hybridized carbons (Fsp3) is 0.148. The standard InChI is InChI=1S/C27H22N6O2S/c1-16(2)33-25-21(15-30-33)20(13-23(31-25)24-7-5-11-36-24)26(34)32-22-9-8-19(12-17(22)3)35-27-18(14-28)6-4-10-29-27/h4-13,15-16H,1-3H3,(H,32,34). The highest BCUT2D eigenvalue weighted by molar-refractivity contribution is 7.13. The molecule has 9 heteroatoms. The van der Waals surface area contributed by atoms with Crippen molar-refractivity contribution in [3.63, 3.8) is 0 Å². The van der Waals surface area contributed by atoms with E-state index in [9.17, 15) is 10.1 Å². The molecule has 1 aromatic carbocycles. The SMILES string of the molecule is Cc1cc(Oc2ncccc2C#N)ccc1NC(=O)c1cc(-c2cccs2)nc2c1cnn2C(C)C. The van der Waals surface area contributed by atoms with Crippen LogP contribution in [0.4, 0.5) is 5.69 Å². The zero-order valence-corrected chi connectivity index (χ0v) is 20.7. The van der Waals surface area contributed by atoms with Crippen molar-refractivity contribution in [2.75, 3.05) is 5.32 Å². The van der Waals surface area contributed by atoms with Crippen molar-refractivity contribution in [1.82, 2.24) is 19.7 Å². The molecule has 0 aliphatic heterocycles. The molecule has 5 rings (SSSR count). The molecule has 0 atom stereocenters. The summed E-state index contributed by atoms with van der Waals surface area (Å²) in [6.07, 6.45) is 3.26. The van der Waals surface area contributed by atoms with Gasteiger partial charge >= 0.3 is 0 Å². The summed E-state index contributed by atoms with van der Waals surface area (Å²) in [6, 6.07) is 16.5. The molecule has 0 fully saturated rings. The van der Waals surface area contributed by atoms with Gasteiger partial charge in [0, 0.05) is 17.9 Å². The number of nitrogens with one attached hydrogen (secondary N) is 1. The minimum absolute atomic E-state index is 0.0972. The summed E-state index contributed by atoms with van der Waals surface area (Å²) >= 11 is 1.57. The maximum Gasteiger partial charge on any atom is 0.256 e. The third kappa shape index (κ3) is 4.42. The van der Waals surface area contributed by atoms with Crippen molar-refractivity contribution >= 4 is 34.0 Å². The smallest absolute Gasteiger partial charge is 0.256 e. The number of benzene rings is 1. The summed E-state index contributed by atoms with van der Waals surface area (Å²) in [5.41, 5.74) is 3.70. The van der Waals surface area contributed by atoms with E-state index in [0.29, 0.717) is 33.6 Å². The van der Waals surface area contributed by atoms with Crippen LogP contribution in [0.3, 0.4) is 0 Å². The van der Waals surface area contributed by atoms with Crippen molar-refractivity contribution in [2.24, 2.45) is 0 Å². The molecule has 1 amide bonds. The van der Waals surface area contributed by atoms with Crippen LogP contribution >= 0.6 is 11.3 Å². The molecule has 0 aliphatic carbocycles. The molecule has 178 valence electrons. The normalized spacial score (nSPS) is 11.0. The van der Waals surface area contributed by atoms with Gasteiger partial charge in [-0.2, -0.15) is 10.4 Å². The lowest BCUT2D eigenvalue weighted by Crippen LogP contribution is -2.14. The molecule has 4 aromatic heterocycles. The van der Waals surface area contributed by atoms with E-state index < -0.39 is 0 Å². The number of pyridine rings is 2. The summed E-state index contributed by atoms with van der Waals surface area (Å²) < 4.78 is 7.63. The first kappa shape index (κ1) is 23.2. The highest BCUT2D eigenvalue weighted by Crippen LogP contribution is 2.31. The summed E-state index contributed by atoms with van der Waals surface area (Å²) in [7, 11) is 0. The minimum atomic E-state index is -0.253. The minimum Gasteiger partial charge on any atom is -0.438 e. The lowest BCUT2D eigenvalue weighted by molar-refractivity contribution is 0.102. The van der Waals surface area contributed by atoms with Gasteiger partial charge in [-0.3, -0.25) is 4.79 Å². The molecule has 0 aliphatic rings. The van der Waals surface area contributed by atoms with Crippen LogP contribution in [0.15, 0.2) is 66.3 Å². The van der Waals surface area contributed by atoms with Crippen molar-refractivity contribution in [3.05, 3.63) is 83.0 Å². The molecular weight excluding hydrogens is 472 g/mol. The molecule has 1 N–H and O–H groups in total. The van der Waals surface area contributed by atoms with E-state index >= 15 is 0 Å². The number of nitrogens with zero attached hydrogens (tertiary/aromatic N) is 5. The third-order valence-electron chi connectivity index (χ3n) is 5.63. The molecule has 8 nitrogen and oxygen atoms in total. The summed E-state index contributed by atoms with van der Waals surface area (Å²) in [5, 5.41) is 19.4. The van der Waals surface area contributed by atoms with Gasteiger partial charge in [-0.25, -0.2) is 14.6 Å². The zero-order chi connectivity index (χ0) is 25.2. The van der Waals surface area contributed by atoms with Crippen molar-refractivity contribution < 1.29 is 9.53 Å². The lowest BCUT2D eigenvalue weighted by atomic mass is 10.1. The Morgan fingerprint density at radius 1 is 1.19 bits per heavy atom. The first-order chi connectivity index (χ1) is 17.4. The van der Waals surface area contributed by atoms with Crippen LogP contribution < -0.4 is 10.1 Å². The first-order valence-electron chi connectivity index (χ1n) is 11.3. The Bertz CT molecular complexity index is 1620. The number of hydrogen-bond donors (Lipinski definition) is 1. The molecule has 0 unspecified atom stereocenters. The molecular formula is C27H22N6O2S. The second kappa shape index (κ2) is 9.60. The topological polar surface area (TPSA) is 106 Å². The Balaban J connectivity index is 1.47. The van der Waals surface area contributed by atoms with Crippen LogP contribution in [-0.4, -0.2) is 25.7 Å². The number of aryl methyl sites for hydroxylation is 1. The predicted octanol–water partition coefficient (Wildman–Crippen LogP) is 6.36. The molecule has 0 saturated heterocycles. The average molecular weight is 495 g/mol. The number of aromatic nitrogens is 4. The van der Waals surface area contributed by atoms with Crippen molar-refractivity contribution in [1.29, 1.82) is 5.26 Å². The number of thiophene rings is 1. The van der Waals surface area contributed by atoms with Gasteiger partial charge in [0.05, 0.1) is 27.7 Å².